The molecule has 1 aromatic heterocycles. The van der Waals surface area contributed by atoms with E-state index in [4.69, 9.17) is 5.11 Å². The highest BCUT2D eigenvalue weighted by molar-refractivity contribution is 5.95. The van der Waals surface area contributed by atoms with Gasteiger partial charge in [-0.2, -0.15) is 5.10 Å². The van der Waals surface area contributed by atoms with Crippen LogP contribution in [0.3, 0.4) is 0 Å². The zero-order chi connectivity index (χ0) is 12.3. The molecule has 2 N–H and O–H groups in total. The van der Waals surface area contributed by atoms with Crippen LogP contribution in [0.15, 0.2) is 12.4 Å². The van der Waals surface area contributed by atoms with Crippen molar-refractivity contribution in [3.63, 3.8) is 0 Å². The van der Waals surface area contributed by atoms with Gasteiger partial charge in [0.2, 0.25) is 0 Å². The molecule has 6 heteroatoms. The van der Waals surface area contributed by atoms with Gasteiger partial charge in [0.25, 0.3) is 5.91 Å². The first-order valence-corrected chi connectivity index (χ1v) is 4.86. The molecule has 1 heterocycles. The number of nitrogens with one attached hydrogen (secondary N) is 1. The van der Waals surface area contributed by atoms with Crippen LogP contribution in [0.4, 0.5) is 0 Å². The van der Waals surface area contributed by atoms with Gasteiger partial charge < -0.3 is 10.4 Å². The molecule has 0 atom stereocenters. The number of nitrogens with zero attached hydrogens (tertiary/aromatic N) is 2. The second kappa shape index (κ2) is 4.34. The second-order valence-corrected chi connectivity index (χ2v) is 4.42. The summed E-state index contributed by atoms with van der Waals surface area (Å²) >= 11 is 0. The predicted octanol–water partition coefficient (Wildman–Crippen LogP) is 0.452. The Kier molecular flexibility index (Phi) is 3.31. The Morgan fingerprint density at radius 3 is 2.56 bits per heavy atom. The first-order valence-electron chi connectivity index (χ1n) is 4.86. The standard InChI is InChI=1S/C10H15N3O3/c1-10(2,3)13-6-7(4-12-13)9(16)11-5-8(14)15/h4,6H,5H2,1-3H3,(H,11,16)(H,14,15). The minimum absolute atomic E-state index is 0.203. The molecule has 0 fully saturated rings. The first-order chi connectivity index (χ1) is 7.30. The summed E-state index contributed by atoms with van der Waals surface area (Å²) in [6, 6.07) is 0. The van der Waals surface area contributed by atoms with Crippen molar-refractivity contribution >= 4 is 11.9 Å². The van der Waals surface area contributed by atoms with E-state index in [1.807, 2.05) is 20.8 Å². The summed E-state index contributed by atoms with van der Waals surface area (Å²) in [5.74, 6) is -1.51. The average Bonchev–Trinajstić information content (AvgIpc) is 2.61. The molecule has 16 heavy (non-hydrogen) atoms. The SMILES string of the molecule is CC(C)(C)n1cc(C(=O)NCC(=O)O)cn1. The van der Waals surface area contributed by atoms with Gasteiger partial charge in [0.15, 0.2) is 0 Å². The summed E-state index contributed by atoms with van der Waals surface area (Å²) in [5.41, 5.74) is 0.155. The van der Waals surface area contributed by atoms with Crippen LogP contribution in [0, 0.1) is 0 Å². The number of aromatic nitrogens is 2. The van der Waals surface area contributed by atoms with E-state index >= 15 is 0 Å². The Hall–Kier alpha value is -1.85. The van der Waals surface area contributed by atoms with Gasteiger partial charge in [-0.25, -0.2) is 0 Å². The summed E-state index contributed by atoms with van der Waals surface area (Å²) in [6.45, 7) is 5.48. The summed E-state index contributed by atoms with van der Waals surface area (Å²) in [5, 5.41) is 14.7. The van der Waals surface area contributed by atoms with Crippen LogP contribution in [0.5, 0.6) is 0 Å². The van der Waals surface area contributed by atoms with Crippen molar-refractivity contribution in [3.8, 4) is 0 Å². The smallest absolute Gasteiger partial charge is 0.322 e. The van der Waals surface area contributed by atoms with Gasteiger partial charge >= 0.3 is 5.97 Å². The van der Waals surface area contributed by atoms with Crippen LogP contribution in [-0.4, -0.2) is 33.3 Å². The first kappa shape index (κ1) is 12.2. The number of hydrogen-bond acceptors (Lipinski definition) is 3. The number of carbonyl (C=O) groups is 2. The van der Waals surface area contributed by atoms with E-state index < -0.39 is 11.9 Å². The molecule has 0 radical (unpaired) electrons. The van der Waals surface area contributed by atoms with Crippen LogP contribution in [-0.2, 0) is 10.3 Å². The number of amides is 1. The molecule has 0 saturated carbocycles. The van der Waals surface area contributed by atoms with Crippen molar-refractivity contribution in [2.45, 2.75) is 26.3 Å². The maximum atomic E-state index is 11.5. The second-order valence-electron chi connectivity index (χ2n) is 4.42. The number of carboxylic acids is 1. The molecule has 88 valence electrons. The highest BCUT2D eigenvalue weighted by Gasteiger charge is 2.16. The topological polar surface area (TPSA) is 84.2 Å². The summed E-state index contributed by atoms with van der Waals surface area (Å²) in [4.78, 5) is 21.7. The molecule has 1 aromatic rings. The number of aliphatic carboxylic acids is 1. The van der Waals surface area contributed by atoms with Gasteiger partial charge in [-0.05, 0) is 20.8 Å². The zero-order valence-corrected chi connectivity index (χ0v) is 9.52. The van der Waals surface area contributed by atoms with E-state index in [1.165, 1.54) is 6.20 Å². The van der Waals surface area contributed by atoms with E-state index in [1.54, 1.807) is 10.9 Å². The summed E-state index contributed by atoms with van der Waals surface area (Å²) in [6.07, 6.45) is 3.01. The van der Waals surface area contributed by atoms with Crippen molar-refractivity contribution in [2.24, 2.45) is 0 Å². The Bertz CT molecular complexity index is 404. The fourth-order valence-electron chi connectivity index (χ4n) is 1.06. The Balaban J connectivity index is 2.71. The lowest BCUT2D eigenvalue weighted by molar-refractivity contribution is -0.135. The van der Waals surface area contributed by atoms with Crippen molar-refractivity contribution in [1.29, 1.82) is 0 Å². The van der Waals surface area contributed by atoms with Crippen LogP contribution in [0.25, 0.3) is 0 Å². The molecule has 0 aromatic carbocycles. The summed E-state index contributed by atoms with van der Waals surface area (Å²) < 4.78 is 1.66. The van der Waals surface area contributed by atoms with E-state index in [0.717, 1.165) is 0 Å². The lowest BCUT2D eigenvalue weighted by atomic mass is 10.1. The Morgan fingerprint density at radius 1 is 1.50 bits per heavy atom. The van der Waals surface area contributed by atoms with Crippen LogP contribution >= 0.6 is 0 Å². The largest absolute Gasteiger partial charge is 0.480 e. The van der Waals surface area contributed by atoms with Crippen molar-refractivity contribution in [1.82, 2.24) is 15.1 Å². The molecule has 0 saturated heterocycles. The molecule has 0 aliphatic carbocycles. The number of hydrogen-bond donors (Lipinski definition) is 2. The quantitative estimate of drug-likeness (QED) is 0.782. The minimum Gasteiger partial charge on any atom is -0.480 e. The minimum atomic E-state index is -1.07. The molecule has 0 unspecified atom stereocenters. The normalized spacial score (nSPS) is 11.2. The fraction of sp³-hybridized carbons (Fsp3) is 0.500. The Morgan fingerprint density at radius 2 is 2.12 bits per heavy atom. The lowest BCUT2D eigenvalue weighted by Crippen LogP contribution is -2.29. The van der Waals surface area contributed by atoms with E-state index in [-0.39, 0.29) is 12.1 Å². The monoisotopic (exact) mass is 225 g/mol. The lowest BCUT2D eigenvalue weighted by Gasteiger charge is -2.18. The highest BCUT2D eigenvalue weighted by atomic mass is 16.4. The van der Waals surface area contributed by atoms with Crippen LogP contribution in [0.1, 0.15) is 31.1 Å². The molecule has 6 nitrogen and oxygen atoms in total. The molecule has 0 aliphatic heterocycles. The average molecular weight is 225 g/mol. The maximum Gasteiger partial charge on any atom is 0.322 e. The molecule has 1 rings (SSSR count). The van der Waals surface area contributed by atoms with E-state index in [0.29, 0.717) is 5.56 Å². The van der Waals surface area contributed by atoms with E-state index in [9.17, 15) is 9.59 Å². The third-order valence-electron chi connectivity index (χ3n) is 1.93. The predicted molar refractivity (Wildman–Crippen MR) is 57.2 cm³/mol. The molecular weight excluding hydrogens is 210 g/mol. The third kappa shape index (κ3) is 3.08. The molecule has 1 amide bonds. The molecular formula is C10H15N3O3. The maximum absolute atomic E-state index is 11.5. The molecule has 0 bridgehead atoms. The number of rotatable bonds is 3. The molecule has 0 aliphatic rings. The van der Waals surface area contributed by atoms with Crippen LogP contribution in [0.2, 0.25) is 0 Å². The van der Waals surface area contributed by atoms with Gasteiger partial charge in [0.1, 0.15) is 6.54 Å². The van der Waals surface area contributed by atoms with Gasteiger partial charge in [0.05, 0.1) is 17.3 Å². The van der Waals surface area contributed by atoms with Gasteiger partial charge in [0, 0.05) is 6.20 Å². The van der Waals surface area contributed by atoms with Crippen molar-refractivity contribution < 1.29 is 14.7 Å². The van der Waals surface area contributed by atoms with Crippen molar-refractivity contribution in [3.05, 3.63) is 18.0 Å². The Labute approximate surface area is 93.3 Å². The highest BCUT2D eigenvalue weighted by Crippen LogP contribution is 2.12. The number of carboxylic acid groups (broad SMARTS) is 1. The summed E-state index contributed by atoms with van der Waals surface area (Å²) in [7, 11) is 0. The van der Waals surface area contributed by atoms with E-state index in [2.05, 4.69) is 10.4 Å². The fourth-order valence-corrected chi connectivity index (χ4v) is 1.06. The van der Waals surface area contributed by atoms with Crippen LogP contribution < -0.4 is 5.32 Å². The van der Waals surface area contributed by atoms with Gasteiger partial charge in [-0.3, -0.25) is 14.3 Å². The number of carbonyl (C=O) groups excluding carboxylic acids is 1. The van der Waals surface area contributed by atoms with Gasteiger partial charge in [-0.15, -0.1) is 0 Å². The third-order valence-corrected chi connectivity index (χ3v) is 1.93. The van der Waals surface area contributed by atoms with Crippen molar-refractivity contribution in [2.75, 3.05) is 6.54 Å². The van der Waals surface area contributed by atoms with Gasteiger partial charge in [-0.1, -0.05) is 0 Å². The molecule has 0 spiro atoms. The zero-order valence-electron chi connectivity index (χ0n) is 9.52.